The molecule has 0 saturated heterocycles. The first kappa shape index (κ1) is 19.9. The molecule has 0 fully saturated rings. The molecule has 1 aliphatic heterocycles. The minimum absolute atomic E-state index is 0.125. The summed E-state index contributed by atoms with van der Waals surface area (Å²) in [7, 11) is 0. The third-order valence-electron chi connectivity index (χ3n) is 4.59. The number of hydroxylamine groups is 2. The summed E-state index contributed by atoms with van der Waals surface area (Å²) in [5.74, 6) is -0.709. The van der Waals surface area contributed by atoms with Gasteiger partial charge in [-0.2, -0.15) is 0 Å². The maximum absolute atomic E-state index is 13.1. The number of nitrogens with zero attached hydrogens (tertiary/aromatic N) is 3. The van der Waals surface area contributed by atoms with E-state index in [-0.39, 0.29) is 25.6 Å². The van der Waals surface area contributed by atoms with Crippen LogP contribution in [0.4, 0.5) is 4.39 Å². The first-order chi connectivity index (χ1) is 13.5. The van der Waals surface area contributed by atoms with Crippen LogP contribution in [0, 0.1) is 12.7 Å². The van der Waals surface area contributed by atoms with Crippen molar-refractivity contribution in [3.63, 3.8) is 0 Å². The third kappa shape index (κ3) is 3.89. The van der Waals surface area contributed by atoms with Crippen molar-refractivity contribution in [2.45, 2.75) is 19.9 Å². The van der Waals surface area contributed by atoms with Crippen molar-refractivity contribution in [2.75, 3.05) is 19.8 Å². The van der Waals surface area contributed by atoms with Gasteiger partial charge in [-0.15, -0.1) is 0 Å². The van der Waals surface area contributed by atoms with Crippen LogP contribution >= 0.6 is 0 Å². The molecule has 0 atom stereocenters. The van der Waals surface area contributed by atoms with E-state index < -0.39 is 5.91 Å². The molecule has 7 nitrogen and oxygen atoms in total. The molecule has 3 heterocycles. The number of carbonyl (C=O) groups is 1. The van der Waals surface area contributed by atoms with E-state index in [2.05, 4.69) is 9.55 Å². The minimum atomic E-state index is -0.455. The average Bonchev–Trinajstić information content (AvgIpc) is 3.02. The van der Waals surface area contributed by atoms with E-state index in [1.165, 1.54) is 12.1 Å². The van der Waals surface area contributed by atoms with Gasteiger partial charge in [0.15, 0.2) is 0 Å². The zero-order valence-corrected chi connectivity index (χ0v) is 15.5. The topological polar surface area (TPSA) is 98.8 Å². The summed E-state index contributed by atoms with van der Waals surface area (Å²) in [4.78, 5) is 16.3. The van der Waals surface area contributed by atoms with Gasteiger partial charge in [0, 0.05) is 18.1 Å². The van der Waals surface area contributed by atoms with Crippen molar-refractivity contribution in [3.8, 4) is 0 Å². The first-order valence-electron chi connectivity index (χ1n) is 8.90. The Morgan fingerprint density at radius 3 is 2.50 bits per heavy atom. The van der Waals surface area contributed by atoms with Gasteiger partial charge in [0.1, 0.15) is 11.5 Å². The number of halogens is 1. The highest BCUT2D eigenvalue weighted by Crippen LogP contribution is 2.29. The second kappa shape index (κ2) is 8.47. The quantitative estimate of drug-likeness (QED) is 0.596. The molecule has 2 aromatic heterocycles. The Kier molecular flexibility index (Phi) is 6.03. The van der Waals surface area contributed by atoms with Gasteiger partial charge in [-0.05, 0) is 42.2 Å². The molecule has 1 amide bonds. The SMILES string of the molecule is Cc1cn(Cc2ccc(F)cc2)c2cnc3c(c12)CCN(O)C3=O.OCCO. The zero-order valence-electron chi connectivity index (χ0n) is 15.5. The summed E-state index contributed by atoms with van der Waals surface area (Å²) < 4.78 is 15.1. The number of carbonyl (C=O) groups excluding carboxylic acids is 1. The maximum Gasteiger partial charge on any atom is 0.296 e. The van der Waals surface area contributed by atoms with Gasteiger partial charge >= 0.3 is 0 Å². The number of hydrogen-bond donors (Lipinski definition) is 3. The largest absolute Gasteiger partial charge is 0.394 e. The van der Waals surface area contributed by atoms with Crippen molar-refractivity contribution in [1.82, 2.24) is 14.6 Å². The van der Waals surface area contributed by atoms with E-state index in [9.17, 15) is 14.4 Å². The Bertz CT molecular complexity index is 983. The summed E-state index contributed by atoms with van der Waals surface area (Å²) in [5, 5.41) is 26.6. The monoisotopic (exact) mass is 387 g/mol. The first-order valence-corrected chi connectivity index (χ1v) is 8.90. The molecule has 0 radical (unpaired) electrons. The molecule has 28 heavy (non-hydrogen) atoms. The Labute approximate surface area is 161 Å². The van der Waals surface area contributed by atoms with Gasteiger partial charge < -0.3 is 14.8 Å². The molecule has 8 heteroatoms. The van der Waals surface area contributed by atoms with E-state index in [0.29, 0.717) is 23.7 Å². The van der Waals surface area contributed by atoms with Gasteiger partial charge in [-0.3, -0.25) is 10.0 Å². The smallest absolute Gasteiger partial charge is 0.296 e. The number of aromatic nitrogens is 2. The van der Waals surface area contributed by atoms with Crippen LogP contribution < -0.4 is 0 Å². The molecule has 1 aromatic carbocycles. The van der Waals surface area contributed by atoms with Crippen molar-refractivity contribution < 1.29 is 24.6 Å². The Balaban J connectivity index is 0.000000516. The molecule has 0 spiro atoms. The van der Waals surface area contributed by atoms with Crippen LogP contribution in [-0.2, 0) is 13.0 Å². The summed E-state index contributed by atoms with van der Waals surface area (Å²) in [6.45, 7) is 2.62. The van der Waals surface area contributed by atoms with Crippen molar-refractivity contribution >= 4 is 16.8 Å². The van der Waals surface area contributed by atoms with E-state index in [4.69, 9.17) is 10.2 Å². The standard InChI is InChI=1S/C18H16FN3O2.C2H6O2/c1-11-9-21(10-12-2-4-13(19)5-3-12)15-8-20-17-14(16(11)15)6-7-22(24)18(17)23;3-1-2-4/h2-5,8-9,24H,6-7,10H2,1H3;3-4H,1-2H2. The van der Waals surface area contributed by atoms with E-state index in [1.54, 1.807) is 18.3 Å². The maximum atomic E-state index is 13.1. The highest BCUT2D eigenvalue weighted by molar-refractivity contribution is 6.00. The molecule has 0 saturated carbocycles. The molecule has 0 bridgehead atoms. The summed E-state index contributed by atoms with van der Waals surface area (Å²) in [6, 6.07) is 6.41. The van der Waals surface area contributed by atoms with Crippen LogP contribution in [0.2, 0.25) is 0 Å². The lowest BCUT2D eigenvalue weighted by molar-refractivity contribution is -0.0606. The molecule has 0 aliphatic carbocycles. The van der Waals surface area contributed by atoms with Crippen molar-refractivity contribution in [3.05, 3.63) is 64.9 Å². The van der Waals surface area contributed by atoms with Gasteiger partial charge in [0.05, 0.1) is 31.5 Å². The lowest BCUT2D eigenvalue weighted by Gasteiger charge is -2.22. The predicted molar refractivity (Wildman–Crippen MR) is 101 cm³/mol. The summed E-state index contributed by atoms with van der Waals surface area (Å²) >= 11 is 0. The second-order valence-corrected chi connectivity index (χ2v) is 6.54. The highest BCUT2D eigenvalue weighted by Gasteiger charge is 2.27. The number of rotatable bonds is 3. The average molecular weight is 387 g/mol. The molecule has 3 N–H and O–H groups in total. The molecule has 3 aromatic rings. The lowest BCUT2D eigenvalue weighted by Crippen LogP contribution is -2.35. The van der Waals surface area contributed by atoms with Gasteiger partial charge in [-0.25, -0.2) is 14.4 Å². The van der Waals surface area contributed by atoms with E-state index in [0.717, 1.165) is 27.6 Å². The number of aliphatic hydroxyl groups excluding tert-OH is 2. The predicted octanol–water partition coefficient (Wildman–Crippen LogP) is 1.89. The van der Waals surface area contributed by atoms with Gasteiger partial charge in [0.2, 0.25) is 0 Å². The van der Waals surface area contributed by atoms with Crippen LogP contribution in [0.5, 0.6) is 0 Å². The van der Waals surface area contributed by atoms with Crippen molar-refractivity contribution in [2.24, 2.45) is 0 Å². The second-order valence-electron chi connectivity index (χ2n) is 6.54. The van der Waals surface area contributed by atoms with Crippen LogP contribution in [0.1, 0.15) is 27.2 Å². The van der Waals surface area contributed by atoms with Gasteiger partial charge in [-0.1, -0.05) is 12.1 Å². The van der Waals surface area contributed by atoms with Crippen LogP contribution in [0.15, 0.2) is 36.7 Å². The summed E-state index contributed by atoms with van der Waals surface area (Å²) in [6.07, 6.45) is 4.26. The molecule has 1 aliphatic rings. The minimum Gasteiger partial charge on any atom is -0.394 e. The Morgan fingerprint density at radius 2 is 1.86 bits per heavy atom. The normalized spacial score (nSPS) is 13.3. The molecule has 0 unspecified atom stereocenters. The number of pyridine rings is 1. The number of fused-ring (bicyclic) bond motifs is 3. The fraction of sp³-hybridized carbons (Fsp3) is 0.300. The number of hydrogen-bond acceptors (Lipinski definition) is 5. The molecular weight excluding hydrogens is 365 g/mol. The third-order valence-corrected chi connectivity index (χ3v) is 4.59. The Hall–Kier alpha value is -2.81. The summed E-state index contributed by atoms with van der Waals surface area (Å²) in [5.41, 5.74) is 4.19. The molecular formula is C20H22FN3O4. The van der Waals surface area contributed by atoms with Crippen LogP contribution in [-0.4, -0.2) is 55.7 Å². The fourth-order valence-corrected chi connectivity index (χ4v) is 3.35. The highest BCUT2D eigenvalue weighted by atomic mass is 19.1. The molecule has 4 rings (SSSR count). The lowest BCUT2D eigenvalue weighted by atomic mass is 9.99. The van der Waals surface area contributed by atoms with Gasteiger partial charge in [0.25, 0.3) is 5.91 Å². The molecule has 148 valence electrons. The number of aliphatic hydroxyl groups is 2. The van der Waals surface area contributed by atoms with E-state index in [1.807, 2.05) is 13.1 Å². The van der Waals surface area contributed by atoms with Crippen LogP contribution in [0.3, 0.4) is 0 Å². The fourth-order valence-electron chi connectivity index (χ4n) is 3.35. The van der Waals surface area contributed by atoms with Crippen molar-refractivity contribution in [1.29, 1.82) is 0 Å². The van der Waals surface area contributed by atoms with Crippen LogP contribution in [0.25, 0.3) is 10.9 Å². The zero-order chi connectivity index (χ0) is 20.3. The number of amides is 1. The van der Waals surface area contributed by atoms with E-state index >= 15 is 0 Å². The number of benzene rings is 1. The number of aryl methyl sites for hydroxylation is 1. The Morgan fingerprint density at radius 1 is 1.18 bits per heavy atom.